The molecule has 0 saturated carbocycles. The van der Waals surface area contributed by atoms with Crippen LogP contribution in [0.3, 0.4) is 0 Å². The van der Waals surface area contributed by atoms with Gasteiger partial charge in [-0.05, 0) is 26.0 Å². The molecule has 0 spiro atoms. The average Bonchev–Trinajstić information content (AvgIpc) is 2.43. The van der Waals surface area contributed by atoms with Gasteiger partial charge in [0.05, 0.1) is 11.2 Å². The van der Waals surface area contributed by atoms with Crippen LogP contribution in [0, 0.1) is 0 Å². The quantitative estimate of drug-likeness (QED) is 0.883. The second kappa shape index (κ2) is 5.54. The van der Waals surface area contributed by atoms with E-state index in [1.165, 1.54) is 32.2 Å². The lowest BCUT2D eigenvalue weighted by Gasteiger charge is -2.24. The van der Waals surface area contributed by atoms with Crippen LogP contribution in [0.15, 0.2) is 29.1 Å². The van der Waals surface area contributed by atoms with Crippen molar-refractivity contribution in [1.29, 1.82) is 0 Å². The second-order valence-corrected chi connectivity index (χ2v) is 5.63. The van der Waals surface area contributed by atoms with Crippen LogP contribution in [-0.2, 0) is 0 Å². The van der Waals surface area contributed by atoms with Gasteiger partial charge in [-0.1, -0.05) is 11.6 Å². The summed E-state index contributed by atoms with van der Waals surface area (Å²) in [5.41, 5.74) is -1.66. The lowest BCUT2D eigenvalue weighted by molar-refractivity contribution is -0.00133. The molecule has 0 radical (unpaired) electrons. The van der Waals surface area contributed by atoms with E-state index in [1.54, 1.807) is 0 Å². The summed E-state index contributed by atoms with van der Waals surface area (Å²) in [7, 11) is 0. The van der Waals surface area contributed by atoms with Crippen molar-refractivity contribution in [1.82, 2.24) is 10.3 Å². The van der Waals surface area contributed by atoms with Crippen LogP contribution in [-0.4, -0.2) is 40.0 Å². The normalized spacial score (nSPS) is 16.8. The highest BCUT2D eigenvalue weighted by Gasteiger charge is 2.34. The van der Waals surface area contributed by atoms with E-state index < -0.39 is 23.3 Å². The van der Waals surface area contributed by atoms with Gasteiger partial charge in [0.15, 0.2) is 0 Å². The number of hydrogen-bond acceptors (Lipinski definition) is 5. The van der Waals surface area contributed by atoms with Gasteiger partial charge in [0.1, 0.15) is 22.6 Å². The minimum absolute atomic E-state index is 0.0203. The zero-order valence-corrected chi connectivity index (χ0v) is 12.2. The molecule has 0 aromatic carbocycles. The first-order chi connectivity index (χ1) is 9.73. The van der Waals surface area contributed by atoms with Crippen molar-refractivity contribution in [2.75, 3.05) is 6.54 Å². The summed E-state index contributed by atoms with van der Waals surface area (Å²) >= 11 is 5.89. The molecule has 0 bridgehead atoms. The van der Waals surface area contributed by atoms with Gasteiger partial charge in [-0.15, -0.1) is 0 Å². The molecule has 0 saturated heterocycles. The monoisotopic (exact) mass is 312 g/mol. The molecule has 0 amide bonds. The minimum Gasteiger partial charge on any atom is -0.387 e. The van der Waals surface area contributed by atoms with Crippen molar-refractivity contribution in [3.63, 3.8) is 0 Å². The highest BCUT2D eigenvalue weighted by molar-refractivity contribution is 6.49. The Balaban J connectivity index is 2.27. The Kier molecular flexibility index (Phi) is 4.11. The molecule has 2 rings (SSSR count). The molecule has 21 heavy (non-hydrogen) atoms. The van der Waals surface area contributed by atoms with Crippen molar-refractivity contribution in [3.8, 4) is 0 Å². The summed E-state index contributed by atoms with van der Waals surface area (Å²) in [6.45, 7) is 2.26. The Hall–Kier alpha value is -1.79. The lowest BCUT2D eigenvalue weighted by atomic mass is 9.96. The fourth-order valence-electron chi connectivity index (χ4n) is 1.82. The highest BCUT2D eigenvalue weighted by atomic mass is 35.5. The van der Waals surface area contributed by atoms with Crippen LogP contribution < -0.4 is 5.32 Å². The number of rotatable bonds is 4. The van der Waals surface area contributed by atoms with Gasteiger partial charge in [0.25, 0.3) is 0 Å². The molecule has 0 aliphatic heterocycles. The number of carbonyl (C=O) groups excluding carboxylic acids is 2. The van der Waals surface area contributed by atoms with Gasteiger partial charge in [-0.3, -0.25) is 14.6 Å². The number of alkyl halides is 1. The smallest absolute Gasteiger partial charge is 0.229 e. The number of aliphatic hydroxyl groups is 1. The Morgan fingerprint density at radius 2 is 2.10 bits per heavy atom. The van der Waals surface area contributed by atoms with Crippen LogP contribution in [0.1, 0.15) is 34.7 Å². The van der Waals surface area contributed by atoms with Crippen LogP contribution in [0.2, 0.25) is 0 Å². The minimum atomic E-state index is -1.64. The third-order valence-corrected chi connectivity index (χ3v) is 3.50. The summed E-state index contributed by atoms with van der Waals surface area (Å²) < 4.78 is 13.7. The molecule has 1 aromatic rings. The third-order valence-electron chi connectivity index (χ3n) is 3.14. The number of Topliss-reactive ketones (excluding diaryl/α,β-unsaturated/α-hetero) is 2. The van der Waals surface area contributed by atoms with E-state index in [2.05, 4.69) is 10.3 Å². The summed E-state index contributed by atoms with van der Waals surface area (Å²) in [6, 6.07) is 2.98. The van der Waals surface area contributed by atoms with Gasteiger partial charge in [0.2, 0.25) is 11.6 Å². The zero-order chi connectivity index (χ0) is 15.8. The lowest BCUT2D eigenvalue weighted by Crippen LogP contribution is -2.42. The molecular formula is C14H14ClFN2O3. The van der Waals surface area contributed by atoms with E-state index in [0.29, 0.717) is 0 Å². The summed E-state index contributed by atoms with van der Waals surface area (Å²) in [4.78, 5) is 28.1. The van der Waals surface area contributed by atoms with Crippen molar-refractivity contribution < 1.29 is 19.1 Å². The molecule has 1 aliphatic carbocycles. The maximum Gasteiger partial charge on any atom is 0.229 e. The predicted octanol–water partition coefficient (Wildman–Crippen LogP) is 1.61. The van der Waals surface area contributed by atoms with Gasteiger partial charge in [0, 0.05) is 12.7 Å². The van der Waals surface area contributed by atoms with E-state index in [0.717, 1.165) is 0 Å². The Labute approximate surface area is 125 Å². The van der Waals surface area contributed by atoms with Crippen LogP contribution in [0.4, 0.5) is 4.39 Å². The first-order valence-electron chi connectivity index (χ1n) is 6.28. The number of halogens is 2. The second-order valence-electron chi connectivity index (χ2n) is 5.25. The van der Waals surface area contributed by atoms with Crippen LogP contribution in [0.5, 0.6) is 0 Å². The first-order valence-corrected chi connectivity index (χ1v) is 6.65. The van der Waals surface area contributed by atoms with E-state index in [1.807, 2.05) is 0 Å². The number of aromatic nitrogens is 1. The summed E-state index contributed by atoms with van der Waals surface area (Å²) in [5, 5.41) is 11.7. The molecule has 7 heteroatoms. The van der Waals surface area contributed by atoms with Crippen molar-refractivity contribution in [2.24, 2.45) is 0 Å². The molecule has 0 fully saturated rings. The van der Waals surface area contributed by atoms with E-state index in [-0.39, 0.29) is 28.5 Å². The number of nitrogens with one attached hydrogen (secondary N) is 1. The molecule has 1 aliphatic rings. The largest absolute Gasteiger partial charge is 0.387 e. The molecule has 5 nitrogen and oxygen atoms in total. The maximum absolute atomic E-state index is 13.7. The summed E-state index contributed by atoms with van der Waals surface area (Å²) in [6.07, 6.45) is -0.252. The highest BCUT2D eigenvalue weighted by Crippen LogP contribution is 2.26. The van der Waals surface area contributed by atoms with Crippen molar-refractivity contribution >= 4 is 23.2 Å². The number of fused-ring (bicyclic) bond motifs is 1. The standard InChI is InChI=1S/C14H14ClFN2O3/c1-14(2,21)8(16)6-18-11-9(15)12(19)7-4-3-5-17-10(7)13(11)20/h3-5,8,18,21H,6H2,1-2H3/t8-/m1/s1. The Bertz CT molecular complexity index is 637. The fraction of sp³-hybridized carbons (Fsp3) is 0.357. The molecule has 2 N–H and O–H groups in total. The molecule has 1 aromatic heterocycles. The summed E-state index contributed by atoms with van der Waals surface area (Å²) in [5.74, 6) is -1.11. The van der Waals surface area contributed by atoms with E-state index >= 15 is 0 Å². The number of nitrogens with zero attached hydrogens (tertiary/aromatic N) is 1. The first kappa shape index (κ1) is 15.6. The topological polar surface area (TPSA) is 79.3 Å². The third kappa shape index (κ3) is 2.96. The number of carbonyl (C=O) groups is 2. The Morgan fingerprint density at radius 3 is 2.71 bits per heavy atom. The maximum atomic E-state index is 13.7. The molecular weight excluding hydrogens is 299 g/mol. The van der Waals surface area contributed by atoms with Crippen LogP contribution in [0.25, 0.3) is 0 Å². The van der Waals surface area contributed by atoms with Crippen molar-refractivity contribution in [3.05, 3.63) is 40.3 Å². The van der Waals surface area contributed by atoms with E-state index in [4.69, 9.17) is 11.6 Å². The van der Waals surface area contributed by atoms with Crippen molar-refractivity contribution in [2.45, 2.75) is 25.6 Å². The number of pyridine rings is 1. The average molecular weight is 313 g/mol. The van der Waals surface area contributed by atoms with E-state index in [9.17, 15) is 19.1 Å². The molecule has 1 atom stereocenters. The number of allylic oxidation sites excluding steroid dienone is 2. The predicted molar refractivity (Wildman–Crippen MR) is 75.0 cm³/mol. The van der Waals surface area contributed by atoms with Gasteiger partial charge >= 0.3 is 0 Å². The fourth-order valence-corrected chi connectivity index (χ4v) is 2.07. The van der Waals surface area contributed by atoms with Gasteiger partial charge < -0.3 is 10.4 Å². The Morgan fingerprint density at radius 1 is 1.43 bits per heavy atom. The zero-order valence-electron chi connectivity index (χ0n) is 11.5. The molecule has 0 unspecified atom stereocenters. The SMILES string of the molecule is CC(C)(O)[C@H](F)CNC1=C(Cl)C(=O)c2cccnc2C1=O. The van der Waals surface area contributed by atoms with Gasteiger partial charge in [-0.25, -0.2) is 4.39 Å². The molecule has 112 valence electrons. The van der Waals surface area contributed by atoms with Gasteiger partial charge in [-0.2, -0.15) is 0 Å². The number of ketones is 2. The van der Waals surface area contributed by atoms with Crippen LogP contribution >= 0.6 is 11.6 Å². The molecule has 1 heterocycles. The number of hydrogen-bond donors (Lipinski definition) is 2.